The summed E-state index contributed by atoms with van der Waals surface area (Å²) in [7, 11) is -0.361. The van der Waals surface area contributed by atoms with Crippen LogP contribution in [0.2, 0.25) is 0 Å². The second kappa shape index (κ2) is 6.10. The monoisotopic (exact) mass is 354 g/mol. The van der Waals surface area contributed by atoms with Crippen molar-refractivity contribution < 1.29 is 18.4 Å². The first-order chi connectivity index (χ1) is 12.2. The molecule has 0 spiro atoms. The smallest absolute Gasteiger partial charge is 0.485 e. The van der Waals surface area contributed by atoms with Crippen LogP contribution in [-0.4, -0.2) is 18.3 Å². The molecule has 2 aromatic rings. The number of hydrogen-bond donors (Lipinski definition) is 0. The lowest BCUT2D eigenvalue weighted by Gasteiger charge is -2.32. The van der Waals surface area contributed by atoms with Crippen LogP contribution in [0.4, 0.5) is 4.39 Å². The van der Waals surface area contributed by atoms with Gasteiger partial charge in [-0.2, -0.15) is 0 Å². The lowest BCUT2D eigenvalue weighted by Crippen LogP contribution is -2.41. The first kappa shape index (κ1) is 17.6. The minimum atomic E-state index is -0.361. The molecule has 136 valence electrons. The lowest BCUT2D eigenvalue weighted by atomic mass is 9.77. The zero-order valence-corrected chi connectivity index (χ0v) is 15.7. The van der Waals surface area contributed by atoms with E-state index >= 15 is 0 Å². The molecule has 1 fully saturated rings. The Labute approximate surface area is 154 Å². The van der Waals surface area contributed by atoms with Crippen molar-refractivity contribution in [3.8, 4) is 5.75 Å². The van der Waals surface area contributed by atoms with E-state index < -0.39 is 0 Å². The normalized spacial score (nSPS) is 23.4. The van der Waals surface area contributed by atoms with Crippen LogP contribution < -0.4 is 10.2 Å². The first-order valence-electron chi connectivity index (χ1n) is 9.16. The molecule has 0 radical (unpaired) electrons. The topological polar surface area (TPSA) is 27.7 Å². The fourth-order valence-electron chi connectivity index (χ4n) is 3.45. The number of aryl methyl sites for hydroxylation is 1. The van der Waals surface area contributed by atoms with Crippen LogP contribution in [0.15, 0.2) is 42.5 Å². The molecular weight excluding hydrogens is 330 g/mol. The minimum absolute atomic E-state index is 0.0363. The molecule has 1 unspecified atom stereocenters. The molecule has 26 heavy (non-hydrogen) atoms. The van der Waals surface area contributed by atoms with Crippen molar-refractivity contribution in [2.45, 2.75) is 57.8 Å². The Morgan fingerprint density at radius 2 is 1.62 bits per heavy atom. The number of benzene rings is 2. The largest absolute Gasteiger partial charge is 0.494 e. The molecule has 2 aromatic carbocycles. The quantitative estimate of drug-likeness (QED) is 0.757. The lowest BCUT2D eigenvalue weighted by molar-refractivity contribution is 0.00578. The molecule has 0 amide bonds. The van der Waals surface area contributed by atoms with E-state index in [-0.39, 0.29) is 30.2 Å². The van der Waals surface area contributed by atoms with Crippen molar-refractivity contribution in [3.05, 3.63) is 59.4 Å². The van der Waals surface area contributed by atoms with Gasteiger partial charge in [0.15, 0.2) is 0 Å². The fraction of sp³-hybridized carbons (Fsp3) is 0.429. The third-order valence-electron chi connectivity index (χ3n) is 5.80. The van der Waals surface area contributed by atoms with Crippen LogP contribution in [0.5, 0.6) is 5.75 Å². The molecule has 2 aliphatic rings. The van der Waals surface area contributed by atoms with E-state index in [0.717, 1.165) is 35.2 Å². The van der Waals surface area contributed by atoms with Gasteiger partial charge in [0.05, 0.1) is 11.2 Å². The Bertz CT molecular complexity index is 801. The highest BCUT2D eigenvalue weighted by molar-refractivity contribution is 6.62. The van der Waals surface area contributed by atoms with Crippen molar-refractivity contribution in [3.63, 3.8) is 0 Å². The van der Waals surface area contributed by atoms with Gasteiger partial charge in [-0.15, -0.1) is 0 Å². The SMILES string of the molecule is CC1(C)OB(c2ccc3c(c2)CCC(c2ccc(F)cc2)O3)OC1(C)C. The summed E-state index contributed by atoms with van der Waals surface area (Å²) in [5.41, 5.74) is 2.49. The molecule has 1 atom stereocenters. The van der Waals surface area contributed by atoms with E-state index in [0.29, 0.717) is 0 Å². The maximum Gasteiger partial charge on any atom is 0.494 e. The Morgan fingerprint density at radius 3 is 2.27 bits per heavy atom. The standard InChI is InChI=1S/C21H24BFO3/c1-20(2)21(3,4)26-22(25-20)16-8-12-19-15(13-16)7-11-18(24-19)14-5-9-17(23)10-6-14/h5-6,8-10,12-13,18H,7,11H2,1-4H3. The molecule has 0 N–H and O–H groups in total. The van der Waals surface area contributed by atoms with Crippen LogP contribution in [0.3, 0.4) is 0 Å². The molecule has 2 aliphatic heterocycles. The maximum atomic E-state index is 13.1. The molecule has 2 heterocycles. The predicted molar refractivity (Wildman–Crippen MR) is 100 cm³/mol. The molecule has 4 rings (SSSR count). The van der Waals surface area contributed by atoms with Gasteiger partial charge in [-0.1, -0.05) is 24.3 Å². The summed E-state index contributed by atoms with van der Waals surface area (Å²) in [6.07, 6.45) is 1.74. The molecule has 0 aliphatic carbocycles. The van der Waals surface area contributed by atoms with E-state index in [9.17, 15) is 4.39 Å². The number of halogens is 1. The van der Waals surface area contributed by atoms with Crippen molar-refractivity contribution in [2.75, 3.05) is 0 Å². The third kappa shape index (κ3) is 3.04. The van der Waals surface area contributed by atoms with Crippen LogP contribution in [0, 0.1) is 5.82 Å². The second-order valence-electron chi connectivity index (χ2n) is 8.15. The van der Waals surface area contributed by atoms with Gasteiger partial charge in [-0.3, -0.25) is 0 Å². The van der Waals surface area contributed by atoms with Crippen molar-refractivity contribution in [1.29, 1.82) is 0 Å². The van der Waals surface area contributed by atoms with Crippen molar-refractivity contribution >= 4 is 12.6 Å². The summed E-state index contributed by atoms with van der Waals surface area (Å²) in [4.78, 5) is 0. The van der Waals surface area contributed by atoms with Crippen LogP contribution in [0.1, 0.15) is 51.3 Å². The highest BCUT2D eigenvalue weighted by atomic mass is 19.1. The van der Waals surface area contributed by atoms with E-state index in [2.05, 4.69) is 33.8 Å². The fourth-order valence-corrected chi connectivity index (χ4v) is 3.45. The summed E-state index contributed by atoms with van der Waals surface area (Å²) in [6, 6.07) is 12.7. The van der Waals surface area contributed by atoms with E-state index in [1.54, 1.807) is 12.1 Å². The van der Waals surface area contributed by atoms with Crippen molar-refractivity contribution in [2.24, 2.45) is 0 Å². The molecule has 3 nitrogen and oxygen atoms in total. The molecule has 0 bridgehead atoms. The average molecular weight is 354 g/mol. The molecule has 0 saturated carbocycles. The highest BCUT2D eigenvalue weighted by Gasteiger charge is 2.51. The van der Waals surface area contributed by atoms with E-state index in [1.165, 1.54) is 12.1 Å². The van der Waals surface area contributed by atoms with Gasteiger partial charge in [0, 0.05) is 0 Å². The van der Waals surface area contributed by atoms with Crippen LogP contribution >= 0.6 is 0 Å². The maximum absolute atomic E-state index is 13.1. The number of rotatable bonds is 2. The van der Waals surface area contributed by atoms with Gasteiger partial charge in [-0.25, -0.2) is 4.39 Å². The Hall–Kier alpha value is -1.85. The zero-order valence-electron chi connectivity index (χ0n) is 15.7. The Balaban J connectivity index is 1.54. The molecular formula is C21H24BFO3. The van der Waals surface area contributed by atoms with Gasteiger partial charge in [0.2, 0.25) is 0 Å². The summed E-state index contributed by atoms with van der Waals surface area (Å²) in [5.74, 6) is 0.655. The minimum Gasteiger partial charge on any atom is -0.485 e. The van der Waals surface area contributed by atoms with E-state index in [4.69, 9.17) is 14.0 Å². The zero-order chi connectivity index (χ0) is 18.5. The van der Waals surface area contributed by atoms with Gasteiger partial charge in [0.25, 0.3) is 0 Å². The average Bonchev–Trinajstić information content (AvgIpc) is 2.82. The van der Waals surface area contributed by atoms with Crippen LogP contribution in [0.25, 0.3) is 0 Å². The van der Waals surface area contributed by atoms with Crippen molar-refractivity contribution in [1.82, 2.24) is 0 Å². The van der Waals surface area contributed by atoms with Gasteiger partial charge in [0.1, 0.15) is 17.7 Å². The number of hydrogen-bond acceptors (Lipinski definition) is 3. The summed E-state index contributed by atoms with van der Waals surface area (Å²) < 4.78 is 31.6. The Kier molecular flexibility index (Phi) is 4.12. The van der Waals surface area contributed by atoms with E-state index in [1.807, 2.05) is 12.1 Å². The summed E-state index contributed by atoms with van der Waals surface area (Å²) >= 11 is 0. The third-order valence-corrected chi connectivity index (χ3v) is 5.80. The Morgan fingerprint density at radius 1 is 0.962 bits per heavy atom. The second-order valence-corrected chi connectivity index (χ2v) is 8.15. The molecule has 5 heteroatoms. The first-order valence-corrected chi connectivity index (χ1v) is 9.16. The summed E-state index contributed by atoms with van der Waals surface area (Å²) in [6.45, 7) is 8.23. The van der Waals surface area contributed by atoms with Gasteiger partial charge >= 0.3 is 7.12 Å². The highest BCUT2D eigenvalue weighted by Crippen LogP contribution is 2.38. The number of fused-ring (bicyclic) bond motifs is 1. The van der Waals surface area contributed by atoms with Gasteiger partial charge in [-0.05, 0) is 75.3 Å². The molecule has 0 aromatic heterocycles. The predicted octanol–water partition coefficient (Wildman–Crippen LogP) is 4.19. The molecule has 1 saturated heterocycles. The van der Waals surface area contributed by atoms with Crippen LogP contribution in [-0.2, 0) is 15.7 Å². The van der Waals surface area contributed by atoms with Gasteiger partial charge < -0.3 is 14.0 Å². The summed E-state index contributed by atoms with van der Waals surface area (Å²) in [5, 5.41) is 0. The number of ether oxygens (including phenoxy) is 1.